The molecule has 3 nitrogen and oxygen atoms in total. The highest BCUT2D eigenvalue weighted by Gasteiger charge is 2.18. The van der Waals surface area contributed by atoms with Gasteiger partial charge in [0.15, 0.2) is 0 Å². The fourth-order valence-electron chi connectivity index (χ4n) is 2.53. The Morgan fingerprint density at radius 2 is 2.16 bits per heavy atom. The summed E-state index contributed by atoms with van der Waals surface area (Å²) in [6.45, 7) is 8.09. The van der Waals surface area contributed by atoms with Crippen LogP contribution in [0.25, 0.3) is 0 Å². The summed E-state index contributed by atoms with van der Waals surface area (Å²) in [6.07, 6.45) is 2.02. The molecule has 0 saturated carbocycles. The van der Waals surface area contributed by atoms with Crippen molar-refractivity contribution in [3.05, 3.63) is 29.8 Å². The molecule has 1 heterocycles. The van der Waals surface area contributed by atoms with E-state index < -0.39 is 0 Å². The normalized spacial score (nSPS) is 15.5. The van der Waals surface area contributed by atoms with Crippen molar-refractivity contribution in [2.45, 2.75) is 33.2 Å². The second kappa shape index (κ2) is 6.08. The van der Waals surface area contributed by atoms with Gasteiger partial charge in [-0.3, -0.25) is 0 Å². The number of nitriles is 1. The Morgan fingerprint density at radius 1 is 1.37 bits per heavy atom. The smallest absolute Gasteiger partial charge is 0.0683 e. The Bertz CT molecular complexity index is 459. The minimum Gasteiger partial charge on any atom is -0.370 e. The monoisotopic (exact) mass is 257 g/mol. The first kappa shape index (κ1) is 13.9. The van der Waals surface area contributed by atoms with Crippen LogP contribution in [0.3, 0.4) is 0 Å². The van der Waals surface area contributed by atoms with Crippen molar-refractivity contribution in [3.63, 3.8) is 0 Å². The van der Waals surface area contributed by atoms with Gasteiger partial charge in [0.1, 0.15) is 0 Å². The van der Waals surface area contributed by atoms with E-state index in [-0.39, 0.29) is 5.41 Å². The Kier molecular flexibility index (Phi) is 4.44. The molecule has 19 heavy (non-hydrogen) atoms. The average Bonchev–Trinajstić information content (AvgIpc) is 2.61. The van der Waals surface area contributed by atoms with Crippen molar-refractivity contribution in [2.75, 3.05) is 24.5 Å². The quantitative estimate of drug-likeness (QED) is 0.901. The third-order valence-corrected chi connectivity index (χ3v) is 3.74. The van der Waals surface area contributed by atoms with Crippen LogP contribution >= 0.6 is 0 Å². The number of nitrogens with one attached hydrogen (secondary N) is 1. The highest BCUT2D eigenvalue weighted by Crippen LogP contribution is 2.25. The van der Waals surface area contributed by atoms with Gasteiger partial charge in [-0.05, 0) is 38.3 Å². The standard InChI is InChI=1S/C16H23N3/c1-16(2,13-17)8-5-10-19-11-9-18-12-14-6-3-4-7-15(14)19/h3-4,6-7,18H,5,8-12H2,1-2H3. The van der Waals surface area contributed by atoms with Gasteiger partial charge in [0, 0.05) is 31.9 Å². The van der Waals surface area contributed by atoms with Crippen LogP contribution in [-0.2, 0) is 6.54 Å². The molecular formula is C16H23N3. The van der Waals surface area contributed by atoms with Gasteiger partial charge in [-0.1, -0.05) is 18.2 Å². The van der Waals surface area contributed by atoms with Crippen LogP contribution in [-0.4, -0.2) is 19.6 Å². The zero-order valence-electron chi connectivity index (χ0n) is 11.9. The van der Waals surface area contributed by atoms with Crippen LogP contribution in [0.15, 0.2) is 24.3 Å². The van der Waals surface area contributed by atoms with E-state index in [0.29, 0.717) is 0 Å². The van der Waals surface area contributed by atoms with Gasteiger partial charge in [0.25, 0.3) is 0 Å². The van der Waals surface area contributed by atoms with Gasteiger partial charge in [0.2, 0.25) is 0 Å². The molecule has 0 atom stereocenters. The fourth-order valence-corrected chi connectivity index (χ4v) is 2.53. The van der Waals surface area contributed by atoms with E-state index in [9.17, 15) is 0 Å². The summed E-state index contributed by atoms with van der Waals surface area (Å²) < 4.78 is 0. The Labute approximate surface area is 116 Å². The SMILES string of the molecule is CC(C)(C#N)CCCN1CCNCc2ccccc21. The third kappa shape index (κ3) is 3.71. The third-order valence-electron chi connectivity index (χ3n) is 3.74. The molecule has 0 aliphatic carbocycles. The largest absolute Gasteiger partial charge is 0.370 e. The summed E-state index contributed by atoms with van der Waals surface area (Å²) in [5.41, 5.74) is 2.52. The molecule has 0 unspecified atom stereocenters. The molecular weight excluding hydrogens is 234 g/mol. The van der Waals surface area contributed by atoms with Crippen LogP contribution in [0, 0.1) is 16.7 Å². The van der Waals surface area contributed by atoms with Gasteiger partial charge < -0.3 is 10.2 Å². The lowest BCUT2D eigenvalue weighted by molar-refractivity contribution is 0.434. The van der Waals surface area contributed by atoms with E-state index in [4.69, 9.17) is 5.26 Å². The van der Waals surface area contributed by atoms with Crippen LogP contribution in [0.5, 0.6) is 0 Å². The van der Waals surface area contributed by atoms with E-state index in [2.05, 4.69) is 40.6 Å². The number of benzene rings is 1. The Hall–Kier alpha value is -1.53. The van der Waals surface area contributed by atoms with Crippen LogP contribution in [0.4, 0.5) is 5.69 Å². The molecule has 1 aromatic carbocycles. The van der Waals surface area contributed by atoms with Gasteiger partial charge in [0.05, 0.1) is 11.5 Å². The number of hydrogen-bond acceptors (Lipinski definition) is 3. The molecule has 1 aliphatic rings. The molecule has 0 saturated heterocycles. The zero-order valence-corrected chi connectivity index (χ0v) is 11.9. The van der Waals surface area contributed by atoms with Crippen molar-refractivity contribution in [2.24, 2.45) is 5.41 Å². The number of anilines is 1. The summed E-state index contributed by atoms with van der Waals surface area (Å²) in [4.78, 5) is 2.45. The lowest BCUT2D eigenvalue weighted by Crippen LogP contribution is -2.30. The molecule has 102 valence electrons. The fraction of sp³-hybridized carbons (Fsp3) is 0.562. The predicted molar refractivity (Wildman–Crippen MR) is 79.0 cm³/mol. The maximum Gasteiger partial charge on any atom is 0.0683 e. The van der Waals surface area contributed by atoms with E-state index in [1.54, 1.807) is 0 Å². The molecule has 1 N–H and O–H groups in total. The number of hydrogen-bond donors (Lipinski definition) is 1. The molecule has 1 aromatic rings. The van der Waals surface area contributed by atoms with Gasteiger partial charge in [-0.15, -0.1) is 0 Å². The topological polar surface area (TPSA) is 39.1 Å². The number of fused-ring (bicyclic) bond motifs is 1. The van der Waals surface area contributed by atoms with Crippen molar-refractivity contribution >= 4 is 5.69 Å². The van der Waals surface area contributed by atoms with Gasteiger partial charge in [-0.2, -0.15) is 5.26 Å². The van der Waals surface area contributed by atoms with Crippen molar-refractivity contribution < 1.29 is 0 Å². The van der Waals surface area contributed by atoms with Crippen LogP contribution < -0.4 is 10.2 Å². The molecule has 0 fully saturated rings. The summed E-state index contributed by atoms with van der Waals surface area (Å²) in [6, 6.07) is 11.0. The van der Waals surface area contributed by atoms with Crippen molar-refractivity contribution in [3.8, 4) is 6.07 Å². The average molecular weight is 257 g/mol. The highest BCUT2D eigenvalue weighted by molar-refractivity contribution is 5.54. The predicted octanol–water partition coefficient (Wildman–Crippen LogP) is 2.93. The molecule has 0 spiro atoms. The lowest BCUT2D eigenvalue weighted by Gasteiger charge is -2.26. The first-order chi connectivity index (χ1) is 9.12. The van der Waals surface area contributed by atoms with Crippen molar-refractivity contribution in [1.29, 1.82) is 5.26 Å². The van der Waals surface area contributed by atoms with E-state index in [1.165, 1.54) is 11.3 Å². The Morgan fingerprint density at radius 3 is 2.95 bits per heavy atom. The number of nitrogens with zero attached hydrogens (tertiary/aromatic N) is 2. The molecule has 0 radical (unpaired) electrons. The van der Waals surface area contributed by atoms with Crippen molar-refractivity contribution in [1.82, 2.24) is 5.32 Å². The van der Waals surface area contributed by atoms with Crippen LogP contribution in [0.2, 0.25) is 0 Å². The maximum absolute atomic E-state index is 9.06. The van der Waals surface area contributed by atoms with E-state index in [1.807, 2.05) is 13.8 Å². The molecule has 1 aliphatic heterocycles. The number of para-hydroxylation sites is 1. The summed E-state index contributed by atoms with van der Waals surface area (Å²) in [5.74, 6) is 0. The van der Waals surface area contributed by atoms with Crippen LogP contribution in [0.1, 0.15) is 32.3 Å². The van der Waals surface area contributed by atoms with E-state index >= 15 is 0 Å². The zero-order chi connectivity index (χ0) is 13.7. The minimum atomic E-state index is -0.205. The minimum absolute atomic E-state index is 0.205. The number of rotatable bonds is 4. The molecule has 0 aromatic heterocycles. The molecule has 0 amide bonds. The molecule has 0 bridgehead atoms. The second-order valence-electron chi connectivity index (χ2n) is 5.89. The first-order valence-corrected chi connectivity index (χ1v) is 7.07. The first-order valence-electron chi connectivity index (χ1n) is 7.07. The summed E-state index contributed by atoms with van der Waals surface area (Å²) in [5, 5.41) is 12.5. The maximum atomic E-state index is 9.06. The van der Waals surface area contributed by atoms with Gasteiger partial charge >= 0.3 is 0 Å². The molecule has 2 rings (SSSR count). The Balaban J connectivity index is 1.99. The van der Waals surface area contributed by atoms with Gasteiger partial charge in [-0.25, -0.2) is 0 Å². The summed E-state index contributed by atoms with van der Waals surface area (Å²) in [7, 11) is 0. The lowest BCUT2D eigenvalue weighted by atomic mass is 9.90. The molecule has 3 heteroatoms. The highest BCUT2D eigenvalue weighted by atomic mass is 15.2. The summed E-state index contributed by atoms with van der Waals surface area (Å²) >= 11 is 0. The second-order valence-corrected chi connectivity index (χ2v) is 5.89. The van der Waals surface area contributed by atoms with E-state index in [0.717, 1.165) is 39.0 Å².